The fourth-order valence-electron chi connectivity index (χ4n) is 9.22. The van der Waals surface area contributed by atoms with Crippen molar-refractivity contribution in [2.45, 2.75) is 38.5 Å². The van der Waals surface area contributed by atoms with Crippen LogP contribution < -0.4 is 4.90 Å². The summed E-state index contributed by atoms with van der Waals surface area (Å²) in [5, 5.41) is 2.03. The maximum Gasteiger partial charge on any atom is 0.227 e. The van der Waals surface area contributed by atoms with Crippen molar-refractivity contribution in [1.29, 1.82) is 0 Å². The zero-order valence-electron chi connectivity index (χ0n) is 30.1. The van der Waals surface area contributed by atoms with Crippen LogP contribution in [0.4, 0.5) is 17.1 Å². The van der Waals surface area contributed by atoms with Crippen LogP contribution in [-0.2, 0) is 10.8 Å². The van der Waals surface area contributed by atoms with Gasteiger partial charge in [0.2, 0.25) is 5.89 Å². The first-order valence-corrected chi connectivity index (χ1v) is 18.4. The molecule has 0 radical (unpaired) electrons. The van der Waals surface area contributed by atoms with Gasteiger partial charge in [-0.1, -0.05) is 113 Å². The summed E-state index contributed by atoms with van der Waals surface area (Å²) in [6.45, 7) is 9.36. The SMILES string of the molecule is CC1(C)c2ccccc2-c2cc(N(c3ccc4oc5cc6nc(-c7ccccc7)oc6cc5c4c3)c3cccc4c3-c3ccccc3C4(C)C)ccc21. The molecule has 53 heavy (non-hydrogen) atoms. The van der Waals surface area contributed by atoms with Gasteiger partial charge in [-0.2, -0.15) is 0 Å². The highest BCUT2D eigenvalue weighted by Gasteiger charge is 2.39. The first kappa shape index (κ1) is 30.3. The molecule has 0 saturated carbocycles. The van der Waals surface area contributed by atoms with E-state index in [9.17, 15) is 0 Å². The van der Waals surface area contributed by atoms with Gasteiger partial charge in [0.05, 0.1) is 5.69 Å². The summed E-state index contributed by atoms with van der Waals surface area (Å²) in [4.78, 5) is 7.26. The molecule has 2 aromatic heterocycles. The van der Waals surface area contributed by atoms with E-state index < -0.39 is 0 Å². The van der Waals surface area contributed by atoms with Gasteiger partial charge in [0.1, 0.15) is 16.7 Å². The molecule has 2 aliphatic carbocycles. The van der Waals surface area contributed by atoms with Gasteiger partial charge in [-0.15, -0.1) is 0 Å². The Morgan fingerprint density at radius 3 is 1.94 bits per heavy atom. The monoisotopic (exact) mass is 684 g/mol. The summed E-state index contributed by atoms with van der Waals surface area (Å²) >= 11 is 0. The lowest BCUT2D eigenvalue weighted by molar-refractivity contribution is 0.620. The van der Waals surface area contributed by atoms with Crippen LogP contribution in [0.25, 0.3) is 66.7 Å². The Bertz CT molecular complexity index is 2960. The lowest BCUT2D eigenvalue weighted by Gasteiger charge is -2.30. The highest BCUT2D eigenvalue weighted by Crippen LogP contribution is 2.56. The van der Waals surface area contributed by atoms with Crippen molar-refractivity contribution < 1.29 is 8.83 Å². The molecule has 7 aromatic carbocycles. The summed E-state index contributed by atoms with van der Waals surface area (Å²) in [5.41, 5.74) is 17.8. The van der Waals surface area contributed by atoms with Gasteiger partial charge < -0.3 is 13.7 Å². The first-order valence-electron chi connectivity index (χ1n) is 18.4. The number of benzene rings is 7. The van der Waals surface area contributed by atoms with Crippen LogP contribution in [0.2, 0.25) is 0 Å². The van der Waals surface area contributed by atoms with Crippen molar-refractivity contribution in [2.24, 2.45) is 0 Å². The Kier molecular flexibility index (Phi) is 6.04. The van der Waals surface area contributed by atoms with Crippen molar-refractivity contribution in [2.75, 3.05) is 4.90 Å². The molecule has 9 aromatic rings. The minimum absolute atomic E-state index is 0.0761. The number of furan rings is 1. The quantitative estimate of drug-likeness (QED) is 0.185. The molecule has 2 heterocycles. The van der Waals surface area contributed by atoms with Crippen LogP contribution in [0, 0.1) is 0 Å². The second kappa shape index (κ2) is 10.6. The Morgan fingerprint density at radius 1 is 0.472 bits per heavy atom. The first-order chi connectivity index (χ1) is 25.8. The van der Waals surface area contributed by atoms with Crippen molar-refractivity contribution in [1.82, 2.24) is 4.98 Å². The summed E-state index contributed by atoms with van der Waals surface area (Å²) in [5.74, 6) is 0.604. The average Bonchev–Trinajstić information content (AvgIpc) is 3.89. The standard InChI is InChI=1S/C49H36N2O2/c1-48(2)37-17-10-8-15-32(37)34-25-30(21-23-39(34)48)51(42-20-12-19-40-46(42)33-16-9-11-18-38(33)49(40,3)4)31-22-24-43-35(26-31)36-27-45-41(28-44(36)52-43)50-47(53-45)29-13-6-5-7-14-29/h5-28H,1-4H3. The van der Waals surface area contributed by atoms with Gasteiger partial charge in [-0.3, -0.25) is 0 Å². The molecule has 0 fully saturated rings. The molecule has 0 aliphatic heterocycles. The third-order valence-electron chi connectivity index (χ3n) is 11.9. The normalized spacial score (nSPS) is 14.7. The summed E-state index contributed by atoms with van der Waals surface area (Å²) in [6, 6.07) is 52.3. The van der Waals surface area contributed by atoms with Gasteiger partial charge >= 0.3 is 0 Å². The van der Waals surface area contributed by atoms with Crippen molar-refractivity contribution >= 4 is 50.1 Å². The van der Waals surface area contributed by atoms with Gasteiger partial charge in [-0.25, -0.2) is 4.98 Å². The molecule has 0 bridgehead atoms. The predicted octanol–water partition coefficient (Wildman–Crippen LogP) is 13.5. The number of hydrogen-bond donors (Lipinski definition) is 0. The van der Waals surface area contributed by atoms with Gasteiger partial charge in [-0.05, 0) is 93.5 Å². The lowest BCUT2D eigenvalue weighted by atomic mass is 9.82. The van der Waals surface area contributed by atoms with Crippen LogP contribution >= 0.6 is 0 Å². The molecule has 0 unspecified atom stereocenters. The zero-order valence-corrected chi connectivity index (χ0v) is 30.1. The van der Waals surface area contributed by atoms with E-state index in [2.05, 4.69) is 142 Å². The number of fused-ring (bicyclic) bond motifs is 10. The van der Waals surface area contributed by atoms with E-state index in [-0.39, 0.29) is 10.8 Å². The largest absolute Gasteiger partial charge is 0.456 e. The molecule has 0 atom stereocenters. The number of nitrogens with zero attached hydrogens (tertiary/aromatic N) is 2. The molecule has 4 heteroatoms. The number of oxazole rings is 1. The van der Waals surface area contributed by atoms with Gasteiger partial charge in [0.25, 0.3) is 0 Å². The highest BCUT2D eigenvalue weighted by molar-refractivity contribution is 6.10. The lowest BCUT2D eigenvalue weighted by Crippen LogP contribution is -2.16. The fraction of sp³-hybridized carbons (Fsp3) is 0.122. The van der Waals surface area contributed by atoms with Crippen molar-refractivity contribution in [3.8, 4) is 33.7 Å². The maximum atomic E-state index is 6.49. The van der Waals surface area contributed by atoms with Crippen LogP contribution in [0.3, 0.4) is 0 Å². The summed E-state index contributed by atoms with van der Waals surface area (Å²) in [6.07, 6.45) is 0. The van der Waals surface area contributed by atoms with E-state index >= 15 is 0 Å². The van der Waals surface area contributed by atoms with Gasteiger partial charge in [0, 0.05) is 50.2 Å². The van der Waals surface area contributed by atoms with E-state index in [1.54, 1.807) is 0 Å². The minimum Gasteiger partial charge on any atom is -0.456 e. The van der Waals surface area contributed by atoms with Crippen molar-refractivity contribution in [3.05, 3.63) is 168 Å². The molecule has 0 N–H and O–H groups in total. The average molecular weight is 685 g/mol. The van der Waals surface area contributed by atoms with E-state index in [1.807, 2.05) is 36.4 Å². The third-order valence-corrected chi connectivity index (χ3v) is 11.9. The topological polar surface area (TPSA) is 42.4 Å². The second-order valence-corrected chi connectivity index (χ2v) is 15.6. The number of rotatable bonds is 4. The minimum atomic E-state index is -0.125. The van der Waals surface area contributed by atoms with E-state index in [1.165, 1.54) is 44.5 Å². The molecule has 4 nitrogen and oxygen atoms in total. The smallest absolute Gasteiger partial charge is 0.227 e. The number of hydrogen-bond acceptors (Lipinski definition) is 4. The summed E-state index contributed by atoms with van der Waals surface area (Å²) in [7, 11) is 0. The van der Waals surface area contributed by atoms with E-state index in [0.717, 1.165) is 55.7 Å². The molecular formula is C49H36N2O2. The van der Waals surface area contributed by atoms with Gasteiger partial charge in [0.15, 0.2) is 5.58 Å². The second-order valence-electron chi connectivity index (χ2n) is 15.6. The third kappa shape index (κ3) is 4.21. The number of anilines is 3. The Balaban J connectivity index is 1.15. The zero-order chi connectivity index (χ0) is 35.6. The molecule has 11 rings (SSSR count). The van der Waals surface area contributed by atoms with Crippen LogP contribution in [0.5, 0.6) is 0 Å². The van der Waals surface area contributed by atoms with E-state index in [4.69, 9.17) is 13.8 Å². The predicted molar refractivity (Wildman–Crippen MR) is 217 cm³/mol. The van der Waals surface area contributed by atoms with Crippen LogP contribution in [0.15, 0.2) is 154 Å². The summed E-state index contributed by atoms with van der Waals surface area (Å²) < 4.78 is 12.8. The molecular weight excluding hydrogens is 649 g/mol. The Labute approximate surface area is 308 Å². The molecule has 254 valence electrons. The van der Waals surface area contributed by atoms with Crippen LogP contribution in [0.1, 0.15) is 49.9 Å². The fourth-order valence-corrected chi connectivity index (χ4v) is 9.22. The van der Waals surface area contributed by atoms with Crippen molar-refractivity contribution in [3.63, 3.8) is 0 Å². The number of aromatic nitrogens is 1. The molecule has 0 spiro atoms. The molecule has 0 amide bonds. The Morgan fingerprint density at radius 2 is 1.11 bits per heavy atom. The molecule has 2 aliphatic rings. The highest BCUT2D eigenvalue weighted by atomic mass is 16.4. The van der Waals surface area contributed by atoms with E-state index in [0.29, 0.717) is 5.89 Å². The van der Waals surface area contributed by atoms with Crippen LogP contribution in [-0.4, -0.2) is 4.98 Å². The molecule has 0 saturated heterocycles. The Hall–Kier alpha value is -6.39. The maximum absolute atomic E-state index is 6.49.